The van der Waals surface area contributed by atoms with Crippen LogP contribution in [0, 0.1) is 0 Å². The van der Waals surface area contributed by atoms with E-state index in [0.29, 0.717) is 17.1 Å². The van der Waals surface area contributed by atoms with Gasteiger partial charge in [-0.2, -0.15) is 0 Å². The van der Waals surface area contributed by atoms with Crippen LogP contribution in [0.15, 0.2) is 77.6 Å². The molecule has 1 unspecified atom stereocenters. The van der Waals surface area contributed by atoms with Gasteiger partial charge in [0.05, 0.1) is 41.7 Å². The van der Waals surface area contributed by atoms with Crippen molar-refractivity contribution in [2.24, 2.45) is 0 Å². The number of hydrogen-bond donors (Lipinski definition) is 4. The fraction of sp³-hybridized carbons (Fsp3) is 0.136. The third kappa shape index (κ3) is 5.53. The number of sulfonamides is 1. The summed E-state index contributed by atoms with van der Waals surface area (Å²) in [4.78, 5) is 13.1. The molecule has 2 heterocycles. The van der Waals surface area contributed by atoms with Gasteiger partial charge in [-0.3, -0.25) is 13.8 Å². The topological polar surface area (TPSA) is 111 Å². The van der Waals surface area contributed by atoms with Crippen LogP contribution in [0.2, 0.25) is 10.0 Å². The maximum absolute atomic E-state index is 13.2. The van der Waals surface area contributed by atoms with Crippen LogP contribution in [0.3, 0.4) is 0 Å². The van der Waals surface area contributed by atoms with Gasteiger partial charge in [-0.25, -0.2) is 8.42 Å². The lowest BCUT2D eigenvalue weighted by Crippen LogP contribution is -2.39. The predicted molar refractivity (Wildman–Crippen MR) is 135 cm³/mol. The van der Waals surface area contributed by atoms with Crippen molar-refractivity contribution in [1.29, 1.82) is 0 Å². The number of anilines is 1. The summed E-state index contributed by atoms with van der Waals surface area (Å²) in [7, 11) is -4.05. The van der Waals surface area contributed by atoms with Crippen molar-refractivity contribution in [2.75, 3.05) is 11.3 Å². The lowest BCUT2D eigenvalue weighted by Gasteiger charge is -2.22. The second-order valence-corrected chi connectivity index (χ2v) is 10.8. The number of aliphatic hydroxyl groups is 1. The predicted octanol–water partition coefficient (Wildman–Crippen LogP) is 3.79. The van der Waals surface area contributed by atoms with Gasteiger partial charge in [0.25, 0.3) is 15.9 Å². The maximum atomic E-state index is 13.2. The largest absolute Gasteiger partial charge is 0.394 e. The average molecular weight is 539 g/mol. The number of amides is 1. The molecule has 4 rings (SSSR count). The van der Waals surface area contributed by atoms with Crippen molar-refractivity contribution in [1.82, 2.24) is 14.3 Å². The SMILES string of the molecule is O=C(NC(CO)Cc1ccc(Cl)cc1)c1ccc(Cl)cc1NS(=O)(=O)C1=CC=CN2SNC=C12. The highest BCUT2D eigenvalue weighted by Crippen LogP contribution is 2.34. The van der Waals surface area contributed by atoms with Crippen LogP contribution in [-0.4, -0.2) is 36.4 Å². The van der Waals surface area contributed by atoms with E-state index in [2.05, 4.69) is 14.8 Å². The zero-order chi connectivity index (χ0) is 24.3. The number of halogens is 2. The molecular formula is C22H20Cl2N4O4S2. The highest BCUT2D eigenvalue weighted by molar-refractivity contribution is 7.97. The van der Waals surface area contributed by atoms with Crippen molar-refractivity contribution >= 4 is 57.0 Å². The van der Waals surface area contributed by atoms with Gasteiger partial charge in [0.1, 0.15) is 4.91 Å². The van der Waals surface area contributed by atoms with Gasteiger partial charge in [0.2, 0.25) is 0 Å². The Bertz CT molecular complexity index is 1290. The Labute approximate surface area is 211 Å². The second-order valence-electron chi connectivity index (χ2n) is 7.42. The Hall–Kier alpha value is -2.63. The number of allylic oxidation sites excluding steroid dienone is 2. The molecule has 1 amide bonds. The molecule has 2 aromatic rings. The van der Waals surface area contributed by atoms with Crippen LogP contribution < -0.4 is 14.8 Å². The summed E-state index contributed by atoms with van der Waals surface area (Å²) in [6, 6.07) is 10.8. The summed E-state index contributed by atoms with van der Waals surface area (Å²) in [5.74, 6) is -0.557. The molecule has 12 heteroatoms. The molecule has 2 aliphatic heterocycles. The molecule has 34 heavy (non-hydrogen) atoms. The second kappa shape index (κ2) is 10.3. The highest BCUT2D eigenvalue weighted by Gasteiger charge is 2.30. The van der Waals surface area contributed by atoms with Gasteiger partial charge in [-0.05, 0) is 54.5 Å². The molecule has 0 spiro atoms. The van der Waals surface area contributed by atoms with Crippen molar-refractivity contribution < 1.29 is 18.3 Å². The molecule has 0 saturated carbocycles. The summed E-state index contributed by atoms with van der Waals surface area (Å²) in [6.07, 6.45) is 6.75. The first kappa shape index (κ1) is 24.5. The molecule has 1 atom stereocenters. The van der Waals surface area contributed by atoms with E-state index < -0.39 is 22.0 Å². The molecule has 0 radical (unpaired) electrons. The van der Waals surface area contributed by atoms with Gasteiger partial charge in [-0.1, -0.05) is 35.3 Å². The molecule has 0 bridgehead atoms. The number of nitrogens with one attached hydrogen (secondary N) is 3. The zero-order valence-corrected chi connectivity index (χ0v) is 20.7. The van der Waals surface area contributed by atoms with Gasteiger partial charge in [0.15, 0.2) is 0 Å². The van der Waals surface area contributed by atoms with Crippen LogP contribution >= 0.6 is 35.3 Å². The van der Waals surface area contributed by atoms with Gasteiger partial charge in [0, 0.05) is 22.4 Å². The number of carbonyl (C=O) groups is 1. The number of carbonyl (C=O) groups excluding carboxylic acids is 1. The minimum Gasteiger partial charge on any atom is -0.394 e. The fourth-order valence-electron chi connectivity index (χ4n) is 3.39. The fourth-order valence-corrected chi connectivity index (χ4v) is 5.66. The Kier molecular flexibility index (Phi) is 7.44. The van der Waals surface area contributed by atoms with Crippen LogP contribution in [0.4, 0.5) is 5.69 Å². The number of rotatable bonds is 8. The lowest BCUT2D eigenvalue weighted by molar-refractivity contribution is 0.0917. The minimum absolute atomic E-state index is 0.0226. The standard InChI is InChI=1S/C22H20Cl2N4O4S2/c23-15-5-3-14(4-6-15)10-17(13-29)26-22(30)18-8-7-16(24)11-19(18)27-34(31,32)21-2-1-9-28-20(21)12-25-33-28/h1-9,11-12,17,25,27,29H,10,13H2,(H,26,30). The van der Waals surface area contributed by atoms with E-state index in [9.17, 15) is 18.3 Å². The number of benzene rings is 2. The Balaban J connectivity index is 1.55. The molecule has 2 aliphatic rings. The molecule has 178 valence electrons. The normalized spacial score (nSPS) is 15.7. The van der Waals surface area contributed by atoms with Crippen molar-refractivity contribution in [3.05, 3.63) is 98.8 Å². The summed E-state index contributed by atoms with van der Waals surface area (Å²) < 4.78 is 33.4. The Morgan fingerprint density at radius 2 is 1.88 bits per heavy atom. The molecule has 0 aliphatic carbocycles. The molecule has 0 saturated heterocycles. The van der Waals surface area contributed by atoms with E-state index in [-0.39, 0.29) is 27.8 Å². The first-order chi connectivity index (χ1) is 16.3. The summed E-state index contributed by atoms with van der Waals surface area (Å²) in [5.41, 5.74) is 1.42. The quantitative estimate of drug-likeness (QED) is 0.378. The van der Waals surface area contributed by atoms with Crippen molar-refractivity contribution in [2.45, 2.75) is 12.5 Å². The number of aliphatic hydroxyl groups excluding tert-OH is 1. The smallest absolute Gasteiger partial charge is 0.264 e. The first-order valence-electron chi connectivity index (χ1n) is 10.1. The Morgan fingerprint density at radius 3 is 2.62 bits per heavy atom. The third-order valence-corrected chi connectivity index (χ3v) is 7.66. The van der Waals surface area contributed by atoms with Gasteiger partial charge in [-0.15, -0.1) is 0 Å². The number of fused-ring (bicyclic) bond motifs is 1. The van der Waals surface area contributed by atoms with E-state index in [1.807, 2.05) is 0 Å². The summed E-state index contributed by atoms with van der Waals surface area (Å²) >= 11 is 13.2. The van der Waals surface area contributed by atoms with E-state index in [1.54, 1.807) is 47.0 Å². The third-order valence-electron chi connectivity index (χ3n) is 5.02. The first-order valence-corrected chi connectivity index (χ1v) is 13.1. The van der Waals surface area contributed by atoms with Crippen LogP contribution in [-0.2, 0) is 16.4 Å². The minimum atomic E-state index is -4.05. The van der Waals surface area contributed by atoms with Crippen LogP contribution in [0.5, 0.6) is 0 Å². The molecule has 2 aromatic carbocycles. The molecule has 4 N–H and O–H groups in total. The van der Waals surface area contributed by atoms with Gasteiger partial charge < -0.3 is 15.1 Å². The maximum Gasteiger partial charge on any atom is 0.264 e. The molecular weight excluding hydrogens is 519 g/mol. The zero-order valence-electron chi connectivity index (χ0n) is 17.5. The van der Waals surface area contributed by atoms with E-state index >= 15 is 0 Å². The monoisotopic (exact) mass is 538 g/mol. The van der Waals surface area contributed by atoms with E-state index in [0.717, 1.165) is 5.56 Å². The van der Waals surface area contributed by atoms with E-state index in [4.69, 9.17) is 23.2 Å². The number of hydrogen-bond acceptors (Lipinski definition) is 7. The van der Waals surface area contributed by atoms with Crippen LogP contribution in [0.25, 0.3) is 0 Å². The average Bonchev–Trinajstić information content (AvgIpc) is 3.28. The molecule has 0 fully saturated rings. The summed E-state index contributed by atoms with van der Waals surface area (Å²) in [5, 5.41) is 13.4. The molecule has 8 nitrogen and oxygen atoms in total. The Morgan fingerprint density at radius 1 is 1.15 bits per heavy atom. The van der Waals surface area contributed by atoms with Crippen molar-refractivity contribution in [3.63, 3.8) is 0 Å². The highest BCUT2D eigenvalue weighted by atomic mass is 35.5. The van der Waals surface area contributed by atoms with Crippen LogP contribution in [0.1, 0.15) is 15.9 Å². The number of nitrogens with zero attached hydrogens (tertiary/aromatic N) is 1. The van der Waals surface area contributed by atoms with Gasteiger partial charge >= 0.3 is 0 Å². The lowest BCUT2D eigenvalue weighted by atomic mass is 10.1. The summed E-state index contributed by atoms with van der Waals surface area (Å²) in [6.45, 7) is -0.309. The van der Waals surface area contributed by atoms with E-state index in [1.165, 1.54) is 36.4 Å². The molecule has 0 aromatic heterocycles. The van der Waals surface area contributed by atoms with Crippen molar-refractivity contribution in [3.8, 4) is 0 Å².